The normalized spacial score (nSPS) is 10.5. The highest BCUT2D eigenvalue weighted by Crippen LogP contribution is 2.31. The third kappa shape index (κ3) is 4.68. The lowest BCUT2D eigenvalue weighted by Gasteiger charge is -2.11. The number of halogens is 1. The molecular formula is C24H18ClNO3. The maximum atomic E-state index is 12.3. The fourth-order valence-electron chi connectivity index (χ4n) is 2.93. The maximum absolute atomic E-state index is 12.3. The van der Waals surface area contributed by atoms with Crippen LogP contribution in [-0.4, -0.2) is 12.5 Å². The smallest absolute Gasteiger partial charge is 0.262 e. The highest BCUT2D eigenvalue weighted by molar-refractivity contribution is 6.35. The molecule has 0 fully saturated rings. The van der Waals surface area contributed by atoms with Crippen molar-refractivity contribution in [3.8, 4) is 17.2 Å². The molecule has 5 heteroatoms. The van der Waals surface area contributed by atoms with Gasteiger partial charge in [0.2, 0.25) is 0 Å². The van der Waals surface area contributed by atoms with Gasteiger partial charge < -0.3 is 14.8 Å². The monoisotopic (exact) mass is 403 g/mol. The van der Waals surface area contributed by atoms with E-state index in [1.54, 1.807) is 36.4 Å². The van der Waals surface area contributed by atoms with Crippen LogP contribution >= 0.6 is 11.6 Å². The molecule has 0 aromatic heterocycles. The van der Waals surface area contributed by atoms with Gasteiger partial charge in [0, 0.05) is 21.5 Å². The molecule has 0 spiro atoms. The van der Waals surface area contributed by atoms with Crippen LogP contribution in [0.2, 0.25) is 5.02 Å². The number of nitrogens with one attached hydrogen (secondary N) is 1. The highest BCUT2D eigenvalue weighted by atomic mass is 35.5. The standard InChI is InChI=1S/C24H18ClNO3/c25-22-14-15-23(21-9-5-4-8-20(21)22)28-16-24(27)26-17-10-12-19(13-11-17)29-18-6-2-1-3-7-18/h1-15H,16H2,(H,26,27). The third-order valence-electron chi connectivity index (χ3n) is 4.31. The largest absolute Gasteiger partial charge is 0.483 e. The van der Waals surface area contributed by atoms with E-state index in [0.29, 0.717) is 22.2 Å². The van der Waals surface area contributed by atoms with Crippen molar-refractivity contribution < 1.29 is 14.3 Å². The Hall–Kier alpha value is -3.50. The molecule has 0 saturated carbocycles. The molecule has 0 heterocycles. The summed E-state index contributed by atoms with van der Waals surface area (Å²) in [6.45, 7) is -0.103. The zero-order valence-corrected chi connectivity index (χ0v) is 16.2. The van der Waals surface area contributed by atoms with E-state index in [2.05, 4.69) is 5.32 Å². The number of para-hydroxylation sites is 1. The van der Waals surface area contributed by atoms with Crippen LogP contribution in [0.25, 0.3) is 10.8 Å². The molecule has 0 bridgehead atoms. The van der Waals surface area contributed by atoms with Crippen LogP contribution in [0.5, 0.6) is 17.2 Å². The number of hydrogen-bond donors (Lipinski definition) is 1. The second-order valence-electron chi connectivity index (χ2n) is 6.37. The van der Waals surface area contributed by atoms with Crippen molar-refractivity contribution in [2.24, 2.45) is 0 Å². The van der Waals surface area contributed by atoms with E-state index in [1.807, 2.05) is 54.6 Å². The van der Waals surface area contributed by atoms with Crippen molar-refractivity contribution in [1.82, 2.24) is 0 Å². The van der Waals surface area contributed by atoms with Crippen molar-refractivity contribution in [3.63, 3.8) is 0 Å². The lowest BCUT2D eigenvalue weighted by Crippen LogP contribution is -2.20. The second kappa shape index (κ2) is 8.67. The van der Waals surface area contributed by atoms with Gasteiger partial charge in [-0.25, -0.2) is 0 Å². The molecular weight excluding hydrogens is 386 g/mol. The summed E-state index contributed by atoms with van der Waals surface area (Å²) in [4.78, 5) is 12.3. The summed E-state index contributed by atoms with van der Waals surface area (Å²) in [5.41, 5.74) is 0.667. The Bertz CT molecular complexity index is 1130. The van der Waals surface area contributed by atoms with Crippen molar-refractivity contribution in [1.29, 1.82) is 0 Å². The van der Waals surface area contributed by atoms with Crippen molar-refractivity contribution in [2.75, 3.05) is 11.9 Å². The molecule has 0 unspecified atom stereocenters. The quantitative estimate of drug-likeness (QED) is 0.410. The first-order chi connectivity index (χ1) is 14.2. The first-order valence-corrected chi connectivity index (χ1v) is 9.50. The number of fused-ring (bicyclic) bond motifs is 1. The molecule has 0 atom stereocenters. The van der Waals surface area contributed by atoms with Crippen LogP contribution in [0.1, 0.15) is 0 Å². The summed E-state index contributed by atoms with van der Waals surface area (Å²) in [5, 5.41) is 5.23. The Morgan fingerprint density at radius 2 is 1.41 bits per heavy atom. The SMILES string of the molecule is O=C(COc1ccc(Cl)c2ccccc12)Nc1ccc(Oc2ccccc2)cc1. The predicted molar refractivity (Wildman–Crippen MR) is 116 cm³/mol. The fourth-order valence-corrected chi connectivity index (χ4v) is 3.16. The molecule has 4 nitrogen and oxygen atoms in total. The summed E-state index contributed by atoms with van der Waals surface area (Å²) < 4.78 is 11.5. The van der Waals surface area contributed by atoms with Crippen LogP contribution in [0.3, 0.4) is 0 Å². The van der Waals surface area contributed by atoms with Gasteiger partial charge in [-0.3, -0.25) is 4.79 Å². The van der Waals surface area contributed by atoms with Crippen molar-refractivity contribution in [2.45, 2.75) is 0 Å². The summed E-state index contributed by atoms with van der Waals surface area (Å²) in [7, 11) is 0. The molecule has 0 aliphatic rings. The fraction of sp³-hybridized carbons (Fsp3) is 0.0417. The summed E-state index contributed by atoms with van der Waals surface area (Å²) in [6, 6.07) is 27.9. The minimum atomic E-state index is -0.249. The van der Waals surface area contributed by atoms with Crippen LogP contribution in [-0.2, 0) is 4.79 Å². The average molecular weight is 404 g/mol. The predicted octanol–water partition coefficient (Wildman–Crippen LogP) is 6.30. The zero-order valence-electron chi connectivity index (χ0n) is 15.5. The molecule has 144 valence electrons. The molecule has 4 aromatic carbocycles. The van der Waals surface area contributed by atoms with Gasteiger partial charge in [-0.2, -0.15) is 0 Å². The Kier molecular flexibility index (Phi) is 5.63. The van der Waals surface area contributed by atoms with Gasteiger partial charge in [-0.05, 0) is 48.5 Å². The average Bonchev–Trinajstić information content (AvgIpc) is 2.76. The molecule has 0 saturated heterocycles. The number of amides is 1. The maximum Gasteiger partial charge on any atom is 0.262 e. The third-order valence-corrected chi connectivity index (χ3v) is 4.64. The van der Waals surface area contributed by atoms with Gasteiger partial charge in [0.1, 0.15) is 17.2 Å². The number of rotatable bonds is 6. The van der Waals surface area contributed by atoms with E-state index in [1.165, 1.54) is 0 Å². The minimum Gasteiger partial charge on any atom is -0.483 e. The Morgan fingerprint density at radius 1 is 0.759 bits per heavy atom. The minimum absolute atomic E-state index is 0.103. The van der Waals surface area contributed by atoms with Crippen molar-refractivity contribution >= 4 is 34.0 Å². The Balaban J connectivity index is 1.36. The summed E-state index contributed by atoms with van der Waals surface area (Å²) >= 11 is 6.22. The lowest BCUT2D eigenvalue weighted by atomic mass is 10.1. The van der Waals surface area contributed by atoms with Gasteiger partial charge in [0.05, 0.1) is 0 Å². The van der Waals surface area contributed by atoms with E-state index < -0.39 is 0 Å². The number of anilines is 1. The molecule has 0 radical (unpaired) electrons. The molecule has 4 rings (SSSR count). The molecule has 29 heavy (non-hydrogen) atoms. The van der Waals surface area contributed by atoms with E-state index in [-0.39, 0.29) is 12.5 Å². The molecule has 0 aliphatic carbocycles. The van der Waals surface area contributed by atoms with Gasteiger partial charge in [0.15, 0.2) is 6.61 Å². The van der Waals surface area contributed by atoms with Crippen LogP contribution in [0.4, 0.5) is 5.69 Å². The van der Waals surface area contributed by atoms with Crippen LogP contribution in [0, 0.1) is 0 Å². The number of carbonyl (C=O) groups excluding carboxylic acids is 1. The lowest BCUT2D eigenvalue weighted by molar-refractivity contribution is -0.118. The van der Waals surface area contributed by atoms with Gasteiger partial charge in [-0.1, -0.05) is 54.1 Å². The van der Waals surface area contributed by atoms with Gasteiger partial charge >= 0.3 is 0 Å². The van der Waals surface area contributed by atoms with E-state index in [4.69, 9.17) is 21.1 Å². The molecule has 1 N–H and O–H groups in total. The topological polar surface area (TPSA) is 47.6 Å². The highest BCUT2D eigenvalue weighted by Gasteiger charge is 2.08. The first-order valence-electron chi connectivity index (χ1n) is 9.12. The number of ether oxygens (including phenoxy) is 2. The molecule has 4 aromatic rings. The summed E-state index contributed by atoms with van der Waals surface area (Å²) in [6.07, 6.45) is 0. The van der Waals surface area contributed by atoms with Gasteiger partial charge in [0.25, 0.3) is 5.91 Å². The van der Waals surface area contributed by atoms with E-state index in [0.717, 1.165) is 16.5 Å². The Morgan fingerprint density at radius 3 is 2.17 bits per heavy atom. The Labute approximate surface area is 173 Å². The van der Waals surface area contributed by atoms with Crippen LogP contribution < -0.4 is 14.8 Å². The van der Waals surface area contributed by atoms with Gasteiger partial charge in [-0.15, -0.1) is 0 Å². The van der Waals surface area contributed by atoms with E-state index in [9.17, 15) is 4.79 Å². The van der Waals surface area contributed by atoms with Crippen molar-refractivity contribution in [3.05, 3.63) is 96.0 Å². The first kappa shape index (κ1) is 18.8. The van der Waals surface area contributed by atoms with E-state index >= 15 is 0 Å². The summed E-state index contributed by atoms with van der Waals surface area (Å²) in [5.74, 6) is 1.82. The molecule has 1 amide bonds. The zero-order chi connectivity index (χ0) is 20.1. The number of hydrogen-bond acceptors (Lipinski definition) is 3. The number of benzene rings is 4. The number of carbonyl (C=O) groups is 1. The van der Waals surface area contributed by atoms with Crippen LogP contribution in [0.15, 0.2) is 91.0 Å². The second-order valence-corrected chi connectivity index (χ2v) is 6.77. The molecule has 0 aliphatic heterocycles.